The number of esters is 1. The molecule has 0 radical (unpaired) electrons. The average Bonchev–Trinajstić information content (AvgIpc) is 3.03. The molecule has 1 aromatic heterocycles. The maximum atomic E-state index is 11.4. The van der Waals surface area contributed by atoms with E-state index in [0.717, 1.165) is 11.3 Å². The molecular weight excluding hydrogens is 326 g/mol. The number of nitrogens with zero attached hydrogens (tertiary/aromatic N) is 2. The van der Waals surface area contributed by atoms with Gasteiger partial charge in [-0.25, -0.2) is 0 Å². The zero-order valence-electron chi connectivity index (χ0n) is 13.1. The lowest BCUT2D eigenvalue weighted by Gasteiger charge is -2.24. The number of ether oxygens (including phenoxy) is 4. The number of hydrogen-bond acceptors (Lipinski definition) is 9. The fourth-order valence-corrected chi connectivity index (χ4v) is 3.41. The van der Waals surface area contributed by atoms with Gasteiger partial charge in [0.15, 0.2) is 35.4 Å². The first kappa shape index (κ1) is 16.2. The van der Waals surface area contributed by atoms with Crippen LogP contribution in [0.1, 0.15) is 38.8 Å². The summed E-state index contributed by atoms with van der Waals surface area (Å²) in [6, 6.07) is 0. The Kier molecular flexibility index (Phi) is 4.08. The molecule has 1 N–H and O–H groups in total. The van der Waals surface area contributed by atoms with Gasteiger partial charge in [-0.2, -0.15) is 0 Å². The van der Waals surface area contributed by atoms with E-state index in [0.29, 0.717) is 10.1 Å². The van der Waals surface area contributed by atoms with E-state index in [4.69, 9.17) is 18.9 Å². The third-order valence-corrected chi connectivity index (χ3v) is 4.16. The number of nitrogens with one attached hydrogen (secondary N) is 1. The number of carbonyl (C=O) groups excluding carboxylic acids is 2. The Morgan fingerprint density at radius 3 is 2.65 bits per heavy atom. The summed E-state index contributed by atoms with van der Waals surface area (Å²) >= 11 is 1.15. The largest absolute Gasteiger partial charge is 0.456 e. The van der Waals surface area contributed by atoms with Gasteiger partial charge in [0.1, 0.15) is 0 Å². The first-order chi connectivity index (χ1) is 10.7. The molecule has 2 aliphatic heterocycles. The van der Waals surface area contributed by atoms with E-state index in [2.05, 4.69) is 15.5 Å². The fourth-order valence-electron chi connectivity index (χ4n) is 2.55. The number of fused-ring (bicyclic) bond motifs is 1. The predicted molar refractivity (Wildman–Crippen MR) is 77.4 cm³/mol. The Morgan fingerprint density at radius 1 is 1.26 bits per heavy atom. The summed E-state index contributed by atoms with van der Waals surface area (Å²) in [6.07, 6.45) is -2.57. The summed E-state index contributed by atoms with van der Waals surface area (Å²) in [5, 5.41) is 11.2. The highest BCUT2D eigenvalue weighted by molar-refractivity contribution is 7.15. The van der Waals surface area contributed by atoms with Crippen LogP contribution in [0, 0.1) is 0 Å². The molecule has 3 rings (SSSR count). The third kappa shape index (κ3) is 3.34. The molecule has 2 fully saturated rings. The van der Waals surface area contributed by atoms with Crippen LogP contribution in [0.3, 0.4) is 0 Å². The summed E-state index contributed by atoms with van der Waals surface area (Å²) < 4.78 is 22.6. The molecule has 23 heavy (non-hydrogen) atoms. The summed E-state index contributed by atoms with van der Waals surface area (Å²) in [4.78, 5) is 22.5. The topological polar surface area (TPSA) is 109 Å². The zero-order chi connectivity index (χ0) is 16.8. The van der Waals surface area contributed by atoms with Gasteiger partial charge in [0, 0.05) is 13.8 Å². The maximum Gasteiger partial charge on any atom is 0.303 e. The average molecular weight is 343 g/mol. The van der Waals surface area contributed by atoms with Gasteiger partial charge in [-0.3, -0.25) is 9.59 Å². The van der Waals surface area contributed by atoms with Crippen molar-refractivity contribution >= 4 is 28.3 Å². The van der Waals surface area contributed by atoms with Crippen molar-refractivity contribution in [1.82, 2.24) is 10.2 Å². The van der Waals surface area contributed by atoms with Crippen LogP contribution >= 0.6 is 11.3 Å². The molecule has 2 aliphatic rings. The van der Waals surface area contributed by atoms with Crippen LogP contribution in [-0.4, -0.2) is 46.4 Å². The SMILES string of the molecule is CC(=O)Nc1nnc([C@H]2O[C@@H]3OC(C)(C)O[C@@H]3[C@H]2OC(C)=O)s1. The highest BCUT2D eigenvalue weighted by atomic mass is 32.1. The van der Waals surface area contributed by atoms with Crippen LogP contribution in [0.25, 0.3) is 0 Å². The van der Waals surface area contributed by atoms with Crippen LogP contribution in [0.4, 0.5) is 5.13 Å². The van der Waals surface area contributed by atoms with E-state index in [1.165, 1.54) is 13.8 Å². The van der Waals surface area contributed by atoms with Crippen LogP contribution < -0.4 is 5.32 Å². The summed E-state index contributed by atoms with van der Waals surface area (Å²) in [7, 11) is 0. The number of amides is 1. The monoisotopic (exact) mass is 343 g/mol. The van der Waals surface area contributed by atoms with E-state index in [1.807, 2.05) is 0 Å². The molecule has 3 heterocycles. The van der Waals surface area contributed by atoms with Gasteiger partial charge >= 0.3 is 5.97 Å². The van der Waals surface area contributed by atoms with Crippen molar-refractivity contribution in [2.75, 3.05) is 5.32 Å². The highest BCUT2D eigenvalue weighted by Gasteiger charge is 2.57. The summed E-state index contributed by atoms with van der Waals surface area (Å²) in [6.45, 7) is 6.21. The third-order valence-electron chi connectivity index (χ3n) is 3.26. The van der Waals surface area contributed by atoms with E-state index < -0.39 is 36.4 Å². The van der Waals surface area contributed by atoms with Gasteiger partial charge < -0.3 is 24.3 Å². The molecule has 0 aliphatic carbocycles. The van der Waals surface area contributed by atoms with Gasteiger partial charge in [0.2, 0.25) is 11.0 Å². The van der Waals surface area contributed by atoms with Crippen molar-refractivity contribution in [3.05, 3.63) is 5.01 Å². The molecule has 0 aromatic carbocycles. The van der Waals surface area contributed by atoms with Crippen molar-refractivity contribution in [3.63, 3.8) is 0 Å². The van der Waals surface area contributed by atoms with Crippen molar-refractivity contribution in [2.24, 2.45) is 0 Å². The van der Waals surface area contributed by atoms with Gasteiger partial charge in [-0.15, -0.1) is 10.2 Å². The molecule has 1 amide bonds. The molecule has 0 bridgehead atoms. The lowest BCUT2D eigenvalue weighted by molar-refractivity contribution is -0.219. The molecular formula is C13H17N3O6S. The first-order valence-electron chi connectivity index (χ1n) is 7.04. The molecule has 126 valence electrons. The summed E-state index contributed by atoms with van der Waals surface area (Å²) in [5.41, 5.74) is 0. The van der Waals surface area contributed by atoms with Crippen LogP contribution in [-0.2, 0) is 28.5 Å². The zero-order valence-corrected chi connectivity index (χ0v) is 13.9. The van der Waals surface area contributed by atoms with Gasteiger partial charge in [0.05, 0.1) is 0 Å². The first-order valence-corrected chi connectivity index (χ1v) is 7.86. The quantitative estimate of drug-likeness (QED) is 0.809. The van der Waals surface area contributed by atoms with Crippen molar-refractivity contribution < 1.29 is 28.5 Å². The smallest absolute Gasteiger partial charge is 0.303 e. The molecule has 0 spiro atoms. The second-order valence-electron chi connectivity index (χ2n) is 5.73. The second-order valence-corrected chi connectivity index (χ2v) is 6.74. The van der Waals surface area contributed by atoms with Crippen LogP contribution in [0.2, 0.25) is 0 Å². The molecule has 2 saturated heterocycles. The Morgan fingerprint density at radius 2 is 2.00 bits per heavy atom. The Hall–Kier alpha value is -1.62. The van der Waals surface area contributed by atoms with Gasteiger partial charge in [-0.05, 0) is 13.8 Å². The Balaban J connectivity index is 1.82. The van der Waals surface area contributed by atoms with Crippen molar-refractivity contribution in [3.8, 4) is 0 Å². The Labute approximate surface area is 136 Å². The minimum atomic E-state index is -0.818. The lowest BCUT2D eigenvalue weighted by atomic mass is 10.1. The normalized spacial score (nSPS) is 31.7. The van der Waals surface area contributed by atoms with Crippen molar-refractivity contribution in [1.29, 1.82) is 0 Å². The molecule has 4 atom stereocenters. The second kappa shape index (κ2) is 5.78. The van der Waals surface area contributed by atoms with Crippen molar-refractivity contribution in [2.45, 2.75) is 58.1 Å². The van der Waals surface area contributed by atoms with E-state index in [9.17, 15) is 9.59 Å². The molecule has 0 saturated carbocycles. The van der Waals surface area contributed by atoms with Crippen LogP contribution in [0.15, 0.2) is 0 Å². The maximum absolute atomic E-state index is 11.4. The number of carbonyl (C=O) groups is 2. The summed E-state index contributed by atoms with van der Waals surface area (Å²) in [5.74, 6) is -1.52. The molecule has 0 unspecified atom stereocenters. The predicted octanol–water partition coefficient (Wildman–Crippen LogP) is 0.977. The Bertz CT molecular complexity index is 633. The standard InChI is InChI=1S/C13H17N3O6S/c1-5(17)14-12-16-15-10(23-12)8-7(19-6(2)18)9-11(20-8)22-13(3,4)21-9/h7-9,11H,1-4H3,(H,14,16,17)/t7-,8-,9+,11+/m0/s1. The number of aromatic nitrogens is 2. The minimum absolute atomic E-state index is 0.248. The number of anilines is 1. The molecule has 9 nitrogen and oxygen atoms in total. The van der Waals surface area contributed by atoms with E-state index in [-0.39, 0.29) is 5.91 Å². The van der Waals surface area contributed by atoms with Gasteiger partial charge in [-0.1, -0.05) is 11.3 Å². The molecule has 1 aromatic rings. The highest BCUT2D eigenvalue weighted by Crippen LogP contribution is 2.45. The number of rotatable bonds is 3. The van der Waals surface area contributed by atoms with E-state index in [1.54, 1.807) is 13.8 Å². The lowest BCUT2D eigenvalue weighted by Crippen LogP contribution is -2.34. The van der Waals surface area contributed by atoms with Crippen LogP contribution in [0.5, 0.6) is 0 Å². The minimum Gasteiger partial charge on any atom is -0.456 e. The number of hydrogen-bond donors (Lipinski definition) is 1. The molecule has 10 heteroatoms. The van der Waals surface area contributed by atoms with Gasteiger partial charge in [0.25, 0.3) is 0 Å². The van der Waals surface area contributed by atoms with E-state index >= 15 is 0 Å². The fraction of sp³-hybridized carbons (Fsp3) is 0.692.